The van der Waals surface area contributed by atoms with Gasteiger partial charge in [0.2, 0.25) is 6.54 Å². The highest BCUT2D eigenvalue weighted by molar-refractivity contribution is 5.71. The van der Waals surface area contributed by atoms with Gasteiger partial charge in [-0.25, -0.2) is 0 Å². The second kappa shape index (κ2) is 5.11. The topological polar surface area (TPSA) is 69.4 Å². The zero-order chi connectivity index (χ0) is 16.0. The molecule has 1 saturated carbocycles. The number of nitrogens with zero attached hydrogens (tertiary/aromatic N) is 1. The molecule has 2 aliphatic carbocycles. The second-order valence-corrected chi connectivity index (χ2v) is 7.73. The Hall–Kier alpha value is -1.39. The van der Waals surface area contributed by atoms with Gasteiger partial charge in [-0.05, 0) is 59.3 Å². The van der Waals surface area contributed by atoms with Crippen LogP contribution in [0, 0.1) is 27.4 Å². The molecule has 5 heteroatoms. The second-order valence-electron chi connectivity index (χ2n) is 7.73. The first kappa shape index (κ1) is 16.0. The summed E-state index contributed by atoms with van der Waals surface area (Å²) in [6.45, 7) is 9.47. The number of esters is 1. The number of hydrogen-bond acceptors (Lipinski definition) is 4. The number of rotatable bonds is 4. The van der Waals surface area contributed by atoms with E-state index in [9.17, 15) is 14.9 Å². The number of allylic oxidation sites excluding steroid dienone is 2. The quantitative estimate of drug-likeness (QED) is 0.345. The lowest BCUT2D eigenvalue weighted by Crippen LogP contribution is -2.52. The van der Waals surface area contributed by atoms with E-state index in [4.69, 9.17) is 4.74 Å². The summed E-state index contributed by atoms with van der Waals surface area (Å²) in [6, 6.07) is 0. The van der Waals surface area contributed by atoms with Gasteiger partial charge >= 0.3 is 5.97 Å². The van der Waals surface area contributed by atoms with Crippen LogP contribution in [0.15, 0.2) is 11.1 Å². The maximum atomic E-state index is 12.2. The fourth-order valence-corrected chi connectivity index (χ4v) is 4.25. The van der Waals surface area contributed by atoms with E-state index >= 15 is 0 Å². The SMILES string of the molecule is CC1=C(C)[C@H]2[C@@H](C1)C[C@]2(CC(=O)OC(C)(C)C)C[N+](=O)[O-]. The fraction of sp³-hybridized carbons (Fsp3) is 0.812. The number of carbonyl (C=O) groups is 1. The summed E-state index contributed by atoms with van der Waals surface area (Å²) in [4.78, 5) is 23.0. The summed E-state index contributed by atoms with van der Waals surface area (Å²) < 4.78 is 5.38. The van der Waals surface area contributed by atoms with Crippen LogP contribution in [0.3, 0.4) is 0 Å². The molecule has 21 heavy (non-hydrogen) atoms. The lowest BCUT2D eigenvalue weighted by molar-refractivity contribution is -0.506. The molecule has 118 valence electrons. The molecule has 0 saturated heterocycles. The highest BCUT2D eigenvalue weighted by atomic mass is 16.6. The molecular weight excluding hydrogens is 270 g/mol. The third-order valence-corrected chi connectivity index (χ3v) is 4.87. The van der Waals surface area contributed by atoms with E-state index in [1.165, 1.54) is 11.1 Å². The maximum absolute atomic E-state index is 12.2. The Labute approximate surface area is 125 Å². The minimum absolute atomic E-state index is 0.141. The van der Waals surface area contributed by atoms with Crippen LogP contribution in [0.5, 0.6) is 0 Å². The van der Waals surface area contributed by atoms with Crippen LogP contribution in [-0.2, 0) is 9.53 Å². The van der Waals surface area contributed by atoms with Crippen LogP contribution >= 0.6 is 0 Å². The molecule has 3 atom stereocenters. The third kappa shape index (κ3) is 3.11. The number of hydrogen-bond donors (Lipinski definition) is 0. The minimum Gasteiger partial charge on any atom is -0.460 e. The molecule has 0 unspecified atom stereocenters. The van der Waals surface area contributed by atoms with Crippen LogP contribution in [-0.4, -0.2) is 23.0 Å². The molecule has 5 nitrogen and oxygen atoms in total. The van der Waals surface area contributed by atoms with Crippen LogP contribution in [0.2, 0.25) is 0 Å². The van der Waals surface area contributed by atoms with Crippen molar-refractivity contribution in [2.45, 2.75) is 59.5 Å². The Morgan fingerprint density at radius 2 is 2.05 bits per heavy atom. The Morgan fingerprint density at radius 1 is 1.43 bits per heavy atom. The zero-order valence-electron chi connectivity index (χ0n) is 13.6. The summed E-state index contributed by atoms with van der Waals surface area (Å²) in [7, 11) is 0. The molecule has 0 bridgehead atoms. The Bertz CT molecular complexity index is 503. The summed E-state index contributed by atoms with van der Waals surface area (Å²) in [5.41, 5.74) is 1.49. The van der Waals surface area contributed by atoms with Crippen LogP contribution < -0.4 is 0 Å². The first-order chi connectivity index (χ1) is 9.54. The van der Waals surface area contributed by atoms with Crippen molar-refractivity contribution in [3.8, 4) is 0 Å². The monoisotopic (exact) mass is 295 g/mol. The van der Waals surface area contributed by atoms with Gasteiger partial charge in [0.1, 0.15) is 5.60 Å². The minimum atomic E-state index is -0.549. The Morgan fingerprint density at radius 3 is 2.52 bits per heavy atom. The van der Waals surface area contributed by atoms with E-state index in [-0.39, 0.29) is 29.8 Å². The van der Waals surface area contributed by atoms with E-state index < -0.39 is 11.0 Å². The van der Waals surface area contributed by atoms with E-state index in [1.807, 2.05) is 20.8 Å². The molecular formula is C16H25NO4. The molecule has 2 aliphatic rings. The van der Waals surface area contributed by atoms with E-state index in [0.29, 0.717) is 5.92 Å². The van der Waals surface area contributed by atoms with E-state index in [0.717, 1.165) is 12.8 Å². The number of carbonyl (C=O) groups excluding carboxylic acids is 1. The smallest absolute Gasteiger partial charge is 0.307 e. The van der Waals surface area contributed by atoms with Crippen molar-refractivity contribution in [2.75, 3.05) is 6.54 Å². The largest absolute Gasteiger partial charge is 0.460 e. The van der Waals surface area contributed by atoms with Crippen molar-refractivity contribution in [3.05, 3.63) is 21.3 Å². The number of nitro groups is 1. The molecule has 1 fully saturated rings. The van der Waals surface area contributed by atoms with Gasteiger partial charge in [-0.15, -0.1) is 0 Å². The molecule has 0 spiro atoms. The molecule has 0 aromatic heterocycles. The van der Waals surface area contributed by atoms with Crippen LogP contribution in [0.1, 0.15) is 53.9 Å². The van der Waals surface area contributed by atoms with Crippen molar-refractivity contribution >= 4 is 5.97 Å². The third-order valence-electron chi connectivity index (χ3n) is 4.87. The predicted octanol–water partition coefficient (Wildman–Crippen LogP) is 3.36. The van der Waals surface area contributed by atoms with Gasteiger partial charge < -0.3 is 4.74 Å². The highest BCUT2D eigenvalue weighted by Crippen LogP contribution is 2.62. The molecule has 2 rings (SSSR count). The zero-order valence-corrected chi connectivity index (χ0v) is 13.6. The summed E-state index contributed by atoms with van der Waals surface area (Å²) in [6.07, 6.45) is 1.92. The lowest BCUT2D eigenvalue weighted by Gasteiger charge is -2.50. The van der Waals surface area contributed by atoms with Gasteiger partial charge in [-0.3, -0.25) is 14.9 Å². The van der Waals surface area contributed by atoms with Crippen molar-refractivity contribution in [1.82, 2.24) is 0 Å². The molecule has 0 heterocycles. The number of fused-ring (bicyclic) bond motifs is 1. The van der Waals surface area contributed by atoms with Crippen molar-refractivity contribution in [3.63, 3.8) is 0 Å². The molecule has 0 aromatic rings. The van der Waals surface area contributed by atoms with E-state index in [2.05, 4.69) is 13.8 Å². The summed E-state index contributed by atoms with van der Waals surface area (Å²) in [5, 5.41) is 11.1. The molecule has 0 amide bonds. The average molecular weight is 295 g/mol. The molecule has 0 aromatic carbocycles. The maximum Gasteiger partial charge on any atom is 0.307 e. The normalized spacial score (nSPS) is 31.7. The van der Waals surface area contributed by atoms with Crippen molar-refractivity contribution in [1.29, 1.82) is 0 Å². The van der Waals surface area contributed by atoms with Gasteiger partial charge in [-0.1, -0.05) is 11.1 Å². The lowest BCUT2D eigenvalue weighted by atomic mass is 9.52. The van der Waals surface area contributed by atoms with Crippen molar-refractivity contribution < 1.29 is 14.5 Å². The standard InChI is InChI=1S/C16H25NO4/c1-10-6-12-7-16(9-17(19)20,14(12)11(10)2)8-13(18)21-15(3,4)5/h12,14H,6-9H2,1-5H3/t12-,14-,16-/m0/s1. The molecule has 0 radical (unpaired) electrons. The van der Waals surface area contributed by atoms with Crippen LogP contribution in [0.25, 0.3) is 0 Å². The van der Waals surface area contributed by atoms with Gasteiger partial charge in [0.15, 0.2) is 0 Å². The first-order valence-electron chi connectivity index (χ1n) is 7.54. The van der Waals surface area contributed by atoms with Gasteiger partial charge in [0.25, 0.3) is 0 Å². The van der Waals surface area contributed by atoms with Crippen molar-refractivity contribution in [2.24, 2.45) is 17.3 Å². The van der Waals surface area contributed by atoms with Gasteiger partial charge in [0.05, 0.1) is 11.8 Å². The Kier molecular flexibility index (Phi) is 3.89. The molecule has 0 N–H and O–H groups in total. The average Bonchev–Trinajstić information content (AvgIpc) is 2.45. The highest BCUT2D eigenvalue weighted by Gasteiger charge is 2.60. The number of ether oxygens (including phenoxy) is 1. The molecule has 0 aliphatic heterocycles. The van der Waals surface area contributed by atoms with E-state index in [1.54, 1.807) is 0 Å². The van der Waals surface area contributed by atoms with Gasteiger partial charge in [-0.2, -0.15) is 0 Å². The van der Waals surface area contributed by atoms with Crippen LogP contribution in [0.4, 0.5) is 0 Å². The summed E-state index contributed by atoms with van der Waals surface area (Å²) >= 11 is 0. The predicted molar refractivity (Wildman–Crippen MR) is 79.3 cm³/mol. The fourth-order valence-electron chi connectivity index (χ4n) is 4.25. The first-order valence-corrected chi connectivity index (χ1v) is 7.54. The Balaban J connectivity index is 2.17. The summed E-state index contributed by atoms with van der Waals surface area (Å²) in [5.74, 6) is 0.336. The van der Waals surface area contributed by atoms with Gasteiger partial charge in [0, 0.05) is 4.92 Å².